The van der Waals surface area contributed by atoms with Crippen molar-refractivity contribution in [3.05, 3.63) is 41.9 Å². The molecule has 1 aliphatic heterocycles. The van der Waals surface area contributed by atoms with Crippen molar-refractivity contribution in [1.29, 1.82) is 0 Å². The van der Waals surface area contributed by atoms with Crippen molar-refractivity contribution in [2.24, 2.45) is 11.8 Å². The first kappa shape index (κ1) is 23.3. The van der Waals surface area contributed by atoms with Crippen molar-refractivity contribution < 1.29 is 28.5 Å². The third-order valence-corrected chi connectivity index (χ3v) is 5.64. The van der Waals surface area contributed by atoms with Gasteiger partial charge in [0.1, 0.15) is 24.7 Å². The predicted octanol–water partition coefficient (Wildman–Crippen LogP) is 4.56. The minimum atomic E-state index is -0.357. The number of benzene rings is 1. The number of hydrogen-bond donors (Lipinski definition) is 0. The summed E-state index contributed by atoms with van der Waals surface area (Å²) < 4.78 is 22.5. The van der Waals surface area contributed by atoms with E-state index in [9.17, 15) is 9.59 Å². The van der Waals surface area contributed by atoms with Crippen LogP contribution >= 0.6 is 0 Å². The zero-order valence-corrected chi connectivity index (χ0v) is 19.2. The molecule has 31 heavy (non-hydrogen) atoms. The van der Waals surface area contributed by atoms with Gasteiger partial charge in [0.25, 0.3) is 0 Å². The lowest BCUT2D eigenvalue weighted by Gasteiger charge is -2.37. The molecule has 2 aliphatic rings. The first-order valence-electron chi connectivity index (χ1n) is 11.1. The van der Waals surface area contributed by atoms with Crippen LogP contribution in [0.15, 0.2) is 36.3 Å². The molecule has 0 N–H and O–H groups in total. The number of carbonyl (C=O) groups excluding carboxylic acids is 2. The molecule has 170 valence electrons. The van der Waals surface area contributed by atoms with Crippen LogP contribution in [-0.4, -0.2) is 37.2 Å². The minimum absolute atomic E-state index is 0.0362. The van der Waals surface area contributed by atoms with Crippen molar-refractivity contribution in [2.75, 3.05) is 13.2 Å². The molecule has 3 rings (SSSR count). The van der Waals surface area contributed by atoms with Crippen LogP contribution in [0.4, 0.5) is 0 Å². The highest BCUT2D eigenvalue weighted by Crippen LogP contribution is 2.35. The molecule has 1 fully saturated rings. The van der Waals surface area contributed by atoms with Crippen LogP contribution in [0.2, 0.25) is 0 Å². The predicted molar refractivity (Wildman–Crippen MR) is 117 cm³/mol. The number of ether oxygens (including phenoxy) is 4. The Morgan fingerprint density at radius 2 is 1.87 bits per heavy atom. The summed E-state index contributed by atoms with van der Waals surface area (Å²) in [6.45, 7) is 10.7. The number of ketones is 1. The molecule has 1 aromatic rings. The molecule has 3 unspecified atom stereocenters. The molecule has 1 aliphatic carbocycles. The van der Waals surface area contributed by atoms with Crippen molar-refractivity contribution in [3.8, 4) is 5.75 Å². The number of hydrogen-bond acceptors (Lipinski definition) is 6. The fraction of sp³-hybridized carbons (Fsp3) is 0.600. The van der Waals surface area contributed by atoms with Gasteiger partial charge in [-0.1, -0.05) is 46.8 Å². The molecule has 1 aromatic carbocycles. The summed E-state index contributed by atoms with van der Waals surface area (Å²) in [6, 6.07) is 7.79. The first-order chi connectivity index (χ1) is 14.6. The third kappa shape index (κ3) is 6.33. The fourth-order valence-electron chi connectivity index (χ4n) is 3.80. The van der Waals surface area contributed by atoms with Gasteiger partial charge in [-0.05, 0) is 41.9 Å². The van der Waals surface area contributed by atoms with E-state index >= 15 is 0 Å². The Morgan fingerprint density at radius 3 is 2.52 bits per heavy atom. The van der Waals surface area contributed by atoms with E-state index in [-0.39, 0.29) is 47.7 Å². The standard InChI is InChI=1S/C25H34O6/c1-16(2)13-30-23(26)15-28-19-10-11-20-21(12-19)29-14-22(24(20)27)31-18-8-6-17(7-9-18)25(3,4)5/h6-9,14,16,19-21H,10-13,15H2,1-5H3. The molecule has 0 radical (unpaired) electrons. The Morgan fingerprint density at radius 1 is 1.16 bits per heavy atom. The number of carbonyl (C=O) groups is 2. The van der Waals surface area contributed by atoms with E-state index in [2.05, 4.69) is 20.8 Å². The zero-order valence-electron chi connectivity index (χ0n) is 19.2. The lowest BCUT2D eigenvalue weighted by Crippen LogP contribution is -2.42. The Kier molecular flexibility index (Phi) is 7.42. The molecule has 0 aromatic heterocycles. The van der Waals surface area contributed by atoms with E-state index in [1.807, 2.05) is 38.1 Å². The molecule has 0 spiro atoms. The monoisotopic (exact) mass is 430 g/mol. The van der Waals surface area contributed by atoms with E-state index in [0.29, 0.717) is 37.5 Å². The maximum absolute atomic E-state index is 12.9. The van der Waals surface area contributed by atoms with Crippen molar-refractivity contribution in [1.82, 2.24) is 0 Å². The number of allylic oxidation sites excluding steroid dienone is 1. The van der Waals surface area contributed by atoms with E-state index < -0.39 is 0 Å². The molecule has 1 heterocycles. The van der Waals surface area contributed by atoms with Crippen molar-refractivity contribution in [3.63, 3.8) is 0 Å². The van der Waals surface area contributed by atoms with Gasteiger partial charge in [0.2, 0.25) is 11.5 Å². The summed E-state index contributed by atoms with van der Waals surface area (Å²) in [5.41, 5.74) is 1.26. The lowest BCUT2D eigenvalue weighted by molar-refractivity contribution is -0.155. The Balaban J connectivity index is 1.52. The second-order valence-electron chi connectivity index (χ2n) is 9.83. The van der Waals surface area contributed by atoms with Crippen LogP contribution in [-0.2, 0) is 29.2 Å². The van der Waals surface area contributed by atoms with E-state index in [0.717, 1.165) is 0 Å². The van der Waals surface area contributed by atoms with Crippen LogP contribution in [0.5, 0.6) is 5.75 Å². The fourth-order valence-corrected chi connectivity index (χ4v) is 3.80. The third-order valence-electron chi connectivity index (χ3n) is 5.64. The quantitative estimate of drug-likeness (QED) is 0.591. The van der Waals surface area contributed by atoms with Crippen LogP contribution in [0.25, 0.3) is 0 Å². The van der Waals surface area contributed by atoms with Crippen molar-refractivity contribution >= 4 is 11.8 Å². The molecule has 3 atom stereocenters. The lowest BCUT2D eigenvalue weighted by atomic mass is 9.80. The van der Waals surface area contributed by atoms with Gasteiger partial charge in [-0.15, -0.1) is 0 Å². The molecule has 6 heteroatoms. The van der Waals surface area contributed by atoms with Gasteiger partial charge in [-0.2, -0.15) is 0 Å². The van der Waals surface area contributed by atoms with Crippen molar-refractivity contribution in [2.45, 2.75) is 71.5 Å². The van der Waals surface area contributed by atoms with Gasteiger partial charge < -0.3 is 18.9 Å². The van der Waals surface area contributed by atoms with Crippen LogP contribution < -0.4 is 4.74 Å². The summed E-state index contributed by atoms with van der Waals surface area (Å²) >= 11 is 0. The minimum Gasteiger partial charge on any atom is -0.493 e. The van der Waals surface area contributed by atoms with E-state index in [1.165, 1.54) is 11.8 Å². The molecule has 0 bridgehead atoms. The number of rotatable bonds is 7. The maximum atomic E-state index is 12.9. The molecule has 0 saturated heterocycles. The summed E-state index contributed by atoms with van der Waals surface area (Å²) in [4.78, 5) is 24.7. The highest BCUT2D eigenvalue weighted by molar-refractivity contribution is 5.96. The number of Topliss-reactive ketones (excluding diaryl/α,β-unsaturated/α-hetero) is 1. The first-order valence-corrected chi connectivity index (χ1v) is 11.1. The molecular formula is C25H34O6. The Bertz CT molecular complexity index is 802. The second-order valence-corrected chi connectivity index (χ2v) is 9.83. The number of fused-ring (bicyclic) bond motifs is 1. The van der Waals surface area contributed by atoms with E-state index in [4.69, 9.17) is 18.9 Å². The molecular weight excluding hydrogens is 396 g/mol. The van der Waals surface area contributed by atoms with Gasteiger partial charge in [-0.3, -0.25) is 4.79 Å². The smallest absolute Gasteiger partial charge is 0.332 e. The topological polar surface area (TPSA) is 71.1 Å². The molecule has 0 amide bonds. The summed E-state index contributed by atoms with van der Waals surface area (Å²) in [6.07, 6.45) is 2.94. The highest BCUT2D eigenvalue weighted by atomic mass is 16.6. The largest absolute Gasteiger partial charge is 0.493 e. The maximum Gasteiger partial charge on any atom is 0.332 e. The number of esters is 1. The average Bonchev–Trinajstić information content (AvgIpc) is 2.72. The zero-order chi connectivity index (χ0) is 22.6. The normalized spacial score (nSPS) is 23.6. The molecule has 1 saturated carbocycles. The van der Waals surface area contributed by atoms with Gasteiger partial charge >= 0.3 is 5.97 Å². The van der Waals surface area contributed by atoms with Crippen LogP contribution in [0.1, 0.15) is 59.4 Å². The summed E-state index contributed by atoms with van der Waals surface area (Å²) in [5.74, 6) is 0.505. The van der Waals surface area contributed by atoms with E-state index in [1.54, 1.807) is 0 Å². The van der Waals surface area contributed by atoms with Crippen LogP contribution in [0, 0.1) is 11.8 Å². The van der Waals surface area contributed by atoms with Gasteiger partial charge in [-0.25, -0.2) is 4.79 Å². The summed E-state index contributed by atoms with van der Waals surface area (Å²) in [7, 11) is 0. The Labute approximate surface area is 184 Å². The Hall–Kier alpha value is -2.34. The van der Waals surface area contributed by atoms with Gasteiger partial charge in [0.05, 0.1) is 18.6 Å². The van der Waals surface area contributed by atoms with Gasteiger partial charge in [0.15, 0.2) is 0 Å². The highest BCUT2D eigenvalue weighted by Gasteiger charge is 2.41. The summed E-state index contributed by atoms with van der Waals surface area (Å²) in [5, 5.41) is 0. The van der Waals surface area contributed by atoms with Gasteiger partial charge in [0, 0.05) is 6.42 Å². The molecule has 6 nitrogen and oxygen atoms in total. The average molecular weight is 431 g/mol. The van der Waals surface area contributed by atoms with Crippen LogP contribution in [0.3, 0.4) is 0 Å². The second kappa shape index (κ2) is 9.86. The SMILES string of the molecule is CC(C)COC(=O)COC1CCC2C(=O)C(Oc3ccc(C(C)(C)C)cc3)=COC2C1.